The van der Waals surface area contributed by atoms with Crippen molar-refractivity contribution in [3.8, 4) is 0 Å². The number of hydrogen-bond donors (Lipinski definition) is 1. The molecule has 2 aromatic heterocycles. The van der Waals surface area contributed by atoms with Crippen LogP contribution >= 0.6 is 0 Å². The second kappa shape index (κ2) is 8.32. The number of Topliss-reactive ketones (excluding diaryl/α,β-unsaturated/α-hetero) is 1. The Morgan fingerprint density at radius 3 is 2.46 bits per heavy atom. The minimum absolute atomic E-state index is 0.0196. The molecule has 0 unspecified atom stereocenters. The summed E-state index contributed by atoms with van der Waals surface area (Å²) in [4.78, 5) is 39.6. The molecule has 0 aliphatic rings. The van der Waals surface area contributed by atoms with Crippen LogP contribution in [0.1, 0.15) is 44.8 Å². The maximum atomic E-state index is 12.9. The van der Waals surface area contributed by atoms with E-state index in [1.54, 1.807) is 0 Å². The number of aromatic nitrogens is 1. The molecule has 0 saturated heterocycles. The number of ether oxygens (including phenoxy) is 1. The van der Waals surface area contributed by atoms with Crippen LogP contribution in [0.3, 0.4) is 0 Å². The highest BCUT2D eigenvalue weighted by atomic mass is 19.4. The van der Waals surface area contributed by atoms with Gasteiger partial charge in [0.15, 0.2) is 5.78 Å². The van der Waals surface area contributed by atoms with E-state index < -0.39 is 37.6 Å². The number of hydrogen-bond acceptors (Lipinski definition) is 5. The zero-order valence-corrected chi connectivity index (χ0v) is 15.5. The molecule has 152 valence electrons. The molecule has 10 heteroatoms. The average molecular weight is 400 g/mol. The molecule has 1 amide bonds. The third kappa shape index (κ3) is 5.02. The summed E-state index contributed by atoms with van der Waals surface area (Å²) in [5.74, 6) is -1.89. The Morgan fingerprint density at radius 1 is 1.29 bits per heavy atom. The maximum absolute atomic E-state index is 12.9. The molecule has 2 aromatic rings. The largest absolute Gasteiger partial charge is 0.467 e. The Labute approximate surface area is 158 Å². The van der Waals surface area contributed by atoms with Crippen molar-refractivity contribution < 1.29 is 36.7 Å². The van der Waals surface area contributed by atoms with Gasteiger partial charge in [-0.1, -0.05) is 0 Å². The average Bonchev–Trinajstić information content (AvgIpc) is 3.20. The monoisotopic (exact) mass is 400 g/mol. The molecule has 7 nitrogen and oxygen atoms in total. The summed E-state index contributed by atoms with van der Waals surface area (Å²) in [6.45, 7) is 0.875. The van der Waals surface area contributed by atoms with Gasteiger partial charge in [-0.3, -0.25) is 9.59 Å². The van der Waals surface area contributed by atoms with Gasteiger partial charge in [-0.2, -0.15) is 13.2 Å². The van der Waals surface area contributed by atoms with E-state index in [0.29, 0.717) is 4.90 Å². The van der Waals surface area contributed by atoms with Crippen molar-refractivity contribution in [3.63, 3.8) is 0 Å². The van der Waals surface area contributed by atoms with Gasteiger partial charge in [-0.05, 0) is 24.6 Å². The number of aromatic amines is 1. The van der Waals surface area contributed by atoms with Crippen LogP contribution in [0.5, 0.6) is 0 Å². The zero-order valence-electron chi connectivity index (χ0n) is 15.5. The lowest BCUT2D eigenvalue weighted by Gasteiger charge is -2.23. The normalized spacial score (nSPS) is 11.4. The van der Waals surface area contributed by atoms with Crippen LogP contribution in [0.4, 0.5) is 13.2 Å². The van der Waals surface area contributed by atoms with Crippen LogP contribution < -0.4 is 0 Å². The molecule has 2 rings (SSSR count). The number of nitrogens with one attached hydrogen (secondary N) is 1. The lowest BCUT2D eigenvalue weighted by molar-refractivity contribution is -0.162. The molecular weight excluding hydrogens is 381 g/mol. The fourth-order valence-electron chi connectivity index (χ4n) is 2.82. The molecule has 0 saturated carbocycles. The van der Waals surface area contributed by atoms with Gasteiger partial charge in [0.1, 0.15) is 12.3 Å². The highest BCUT2D eigenvalue weighted by Gasteiger charge is 2.34. The Morgan fingerprint density at radius 2 is 1.96 bits per heavy atom. The van der Waals surface area contributed by atoms with E-state index in [4.69, 9.17) is 4.42 Å². The fraction of sp³-hybridized carbons (Fsp3) is 0.389. The number of methoxy groups -OCH3 is 1. The van der Waals surface area contributed by atoms with Gasteiger partial charge >= 0.3 is 12.1 Å². The second-order valence-electron chi connectivity index (χ2n) is 6.15. The van der Waals surface area contributed by atoms with Crippen molar-refractivity contribution in [2.24, 2.45) is 0 Å². The maximum Gasteiger partial charge on any atom is 0.406 e. The molecule has 0 spiro atoms. The zero-order chi connectivity index (χ0) is 21.1. The van der Waals surface area contributed by atoms with Gasteiger partial charge in [-0.15, -0.1) is 0 Å². The van der Waals surface area contributed by atoms with Crippen molar-refractivity contribution in [1.82, 2.24) is 9.88 Å². The van der Waals surface area contributed by atoms with E-state index in [9.17, 15) is 27.6 Å². The number of alkyl halides is 3. The van der Waals surface area contributed by atoms with E-state index in [1.165, 1.54) is 32.2 Å². The SMILES string of the molecule is COC(=O)c1c(CC(=O)N(Cc2ccco2)CC(F)(F)F)[nH]c(C(C)=O)c1C. The summed E-state index contributed by atoms with van der Waals surface area (Å²) in [7, 11) is 1.13. The lowest BCUT2D eigenvalue weighted by Crippen LogP contribution is -2.39. The van der Waals surface area contributed by atoms with E-state index in [1.807, 2.05) is 0 Å². The van der Waals surface area contributed by atoms with Crippen LogP contribution in [0.25, 0.3) is 0 Å². The standard InChI is InChI=1S/C18H19F3N2O5/c1-10-15(17(26)27-3)13(22-16(10)11(2)24)7-14(25)23(9-18(19,20)21)8-12-5-4-6-28-12/h4-6,22H,7-9H2,1-3H3. The smallest absolute Gasteiger partial charge is 0.406 e. The topological polar surface area (TPSA) is 92.6 Å². The van der Waals surface area contributed by atoms with Gasteiger partial charge in [0.25, 0.3) is 0 Å². The van der Waals surface area contributed by atoms with Crippen molar-refractivity contribution in [2.75, 3.05) is 13.7 Å². The van der Waals surface area contributed by atoms with Crippen molar-refractivity contribution in [2.45, 2.75) is 33.0 Å². The number of amides is 1. The number of nitrogens with zero attached hydrogens (tertiary/aromatic N) is 1. The molecule has 0 aromatic carbocycles. The summed E-state index contributed by atoms with van der Waals surface area (Å²) >= 11 is 0. The third-order valence-corrected chi connectivity index (χ3v) is 4.05. The number of carbonyl (C=O) groups excluding carboxylic acids is 3. The second-order valence-corrected chi connectivity index (χ2v) is 6.15. The van der Waals surface area contributed by atoms with E-state index >= 15 is 0 Å². The molecule has 1 N–H and O–H groups in total. The van der Waals surface area contributed by atoms with Gasteiger partial charge in [0.2, 0.25) is 5.91 Å². The molecule has 0 aliphatic heterocycles. The third-order valence-electron chi connectivity index (χ3n) is 4.05. The van der Waals surface area contributed by atoms with Crippen LogP contribution in [0.15, 0.2) is 22.8 Å². The molecule has 28 heavy (non-hydrogen) atoms. The summed E-state index contributed by atoms with van der Waals surface area (Å²) in [6, 6.07) is 2.94. The molecule has 0 radical (unpaired) electrons. The van der Waals surface area contributed by atoms with Crippen molar-refractivity contribution >= 4 is 17.7 Å². The van der Waals surface area contributed by atoms with Crippen molar-refractivity contribution in [1.29, 1.82) is 0 Å². The minimum atomic E-state index is -4.62. The minimum Gasteiger partial charge on any atom is -0.467 e. The van der Waals surface area contributed by atoms with Gasteiger partial charge in [-0.25, -0.2) is 4.79 Å². The number of halogens is 3. The first-order valence-electron chi connectivity index (χ1n) is 8.21. The molecule has 0 fully saturated rings. The van der Waals surface area contributed by atoms with Gasteiger partial charge < -0.3 is 19.0 Å². The summed E-state index contributed by atoms with van der Waals surface area (Å²) in [5.41, 5.74) is 0.351. The summed E-state index contributed by atoms with van der Waals surface area (Å²) in [5, 5.41) is 0. The predicted molar refractivity (Wildman–Crippen MR) is 90.8 cm³/mol. The van der Waals surface area contributed by atoms with Crippen LogP contribution in [0.2, 0.25) is 0 Å². The molecule has 0 bridgehead atoms. The lowest BCUT2D eigenvalue weighted by atomic mass is 10.1. The number of ketones is 1. The van der Waals surface area contributed by atoms with E-state index in [2.05, 4.69) is 9.72 Å². The van der Waals surface area contributed by atoms with E-state index in [-0.39, 0.29) is 34.1 Å². The van der Waals surface area contributed by atoms with Crippen molar-refractivity contribution in [3.05, 3.63) is 46.7 Å². The van der Waals surface area contributed by atoms with Gasteiger partial charge in [0, 0.05) is 12.6 Å². The quantitative estimate of drug-likeness (QED) is 0.570. The molecule has 0 atom stereocenters. The summed E-state index contributed by atoms with van der Waals surface area (Å²) in [6.07, 6.45) is -3.88. The Hall–Kier alpha value is -3.04. The number of esters is 1. The molecule has 0 aliphatic carbocycles. The molecular formula is C18H19F3N2O5. The van der Waals surface area contributed by atoms with Crippen LogP contribution in [-0.4, -0.2) is 47.4 Å². The highest BCUT2D eigenvalue weighted by molar-refractivity contribution is 6.01. The predicted octanol–water partition coefficient (Wildman–Crippen LogP) is 3.04. The number of H-pyrrole nitrogens is 1. The first-order valence-corrected chi connectivity index (χ1v) is 8.21. The van der Waals surface area contributed by atoms with Crippen LogP contribution in [0, 0.1) is 6.92 Å². The Kier molecular flexibility index (Phi) is 6.32. The first-order chi connectivity index (χ1) is 13.0. The van der Waals surface area contributed by atoms with Crippen LogP contribution in [-0.2, 0) is 22.5 Å². The Bertz CT molecular complexity index is 869. The number of carbonyl (C=O) groups is 3. The number of rotatable bonds is 7. The number of furan rings is 1. The summed E-state index contributed by atoms with van der Waals surface area (Å²) < 4.78 is 48.4. The first kappa shape index (κ1) is 21.3. The van der Waals surface area contributed by atoms with E-state index in [0.717, 1.165) is 7.11 Å². The van der Waals surface area contributed by atoms with Gasteiger partial charge in [0.05, 0.1) is 37.6 Å². The Balaban J connectivity index is 2.35. The molecule has 2 heterocycles. The highest BCUT2D eigenvalue weighted by Crippen LogP contribution is 2.23. The fourth-order valence-corrected chi connectivity index (χ4v) is 2.82.